The Morgan fingerprint density at radius 3 is 1.76 bits per heavy atom. The molecule has 0 saturated heterocycles. The van der Waals surface area contributed by atoms with Gasteiger partial charge in [-0.2, -0.15) is 0 Å². The second-order valence-electron chi connectivity index (χ2n) is 6.64. The molecule has 0 aliphatic carbocycles. The summed E-state index contributed by atoms with van der Waals surface area (Å²) in [5.74, 6) is 0.841. The number of allylic oxidation sites excluding steroid dienone is 2. The van der Waals surface area contributed by atoms with Crippen molar-refractivity contribution in [1.29, 1.82) is 0 Å². The average molecular weight is 355 g/mol. The van der Waals surface area contributed by atoms with Crippen LogP contribution >= 0.6 is 0 Å². The van der Waals surface area contributed by atoms with E-state index in [-0.39, 0.29) is 11.8 Å². The van der Waals surface area contributed by atoms with E-state index < -0.39 is 0 Å². The highest BCUT2D eigenvalue weighted by Crippen LogP contribution is 2.14. The lowest BCUT2D eigenvalue weighted by molar-refractivity contribution is -0.140. The van der Waals surface area contributed by atoms with Crippen LogP contribution in [0.3, 0.4) is 0 Å². The molecule has 0 aliphatic heterocycles. The van der Waals surface area contributed by atoms with Gasteiger partial charge in [-0.1, -0.05) is 58.3 Å². The van der Waals surface area contributed by atoms with Crippen molar-refractivity contribution in [2.24, 2.45) is 0 Å². The Kier molecular flexibility index (Phi) is 16.6. The summed E-state index contributed by atoms with van der Waals surface area (Å²) in [5, 5.41) is 0. The van der Waals surface area contributed by atoms with Gasteiger partial charge in [-0.3, -0.25) is 9.59 Å². The molecule has 4 nitrogen and oxygen atoms in total. The van der Waals surface area contributed by atoms with E-state index in [1.807, 2.05) is 0 Å². The Morgan fingerprint density at radius 2 is 1.20 bits per heavy atom. The van der Waals surface area contributed by atoms with Gasteiger partial charge in [0.15, 0.2) is 5.78 Å². The molecule has 0 bridgehead atoms. The summed E-state index contributed by atoms with van der Waals surface area (Å²) in [4.78, 5) is 23.0. The van der Waals surface area contributed by atoms with Crippen LogP contribution in [0.1, 0.15) is 96.8 Å². The maximum atomic E-state index is 12.0. The van der Waals surface area contributed by atoms with Gasteiger partial charge in [0, 0.05) is 25.3 Å². The van der Waals surface area contributed by atoms with E-state index in [0.717, 1.165) is 50.7 Å². The molecule has 0 radical (unpaired) electrons. The SMILES string of the molecule is CCCCCCCCC(=CC(=O)CCCCCCCC(=O)OC)OC. The number of carbonyl (C=O) groups is 2. The molecule has 4 heteroatoms. The quantitative estimate of drug-likeness (QED) is 0.145. The van der Waals surface area contributed by atoms with Gasteiger partial charge in [0.1, 0.15) is 0 Å². The van der Waals surface area contributed by atoms with E-state index in [9.17, 15) is 9.59 Å². The maximum absolute atomic E-state index is 12.0. The van der Waals surface area contributed by atoms with Crippen LogP contribution in [0.25, 0.3) is 0 Å². The molecule has 0 rings (SSSR count). The summed E-state index contributed by atoms with van der Waals surface area (Å²) < 4.78 is 9.94. The molecule has 0 aromatic carbocycles. The first-order valence-corrected chi connectivity index (χ1v) is 9.98. The second-order valence-corrected chi connectivity index (χ2v) is 6.64. The molecule has 25 heavy (non-hydrogen) atoms. The first kappa shape index (κ1) is 23.7. The van der Waals surface area contributed by atoms with Crippen LogP contribution in [0.4, 0.5) is 0 Å². The molecular formula is C21H38O4. The number of esters is 1. The lowest BCUT2D eigenvalue weighted by Crippen LogP contribution is -1.99. The van der Waals surface area contributed by atoms with Crippen molar-refractivity contribution in [3.05, 3.63) is 11.8 Å². The van der Waals surface area contributed by atoms with Gasteiger partial charge in [-0.25, -0.2) is 0 Å². The van der Waals surface area contributed by atoms with Crippen LogP contribution in [0.5, 0.6) is 0 Å². The number of rotatable bonds is 17. The fourth-order valence-corrected chi connectivity index (χ4v) is 2.77. The predicted octanol–water partition coefficient (Wildman–Crippen LogP) is 5.74. The number of carbonyl (C=O) groups excluding carboxylic acids is 2. The van der Waals surface area contributed by atoms with Gasteiger partial charge >= 0.3 is 5.97 Å². The molecular weight excluding hydrogens is 316 g/mol. The standard InChI is InChI=1S/C21H38O4/c1-4-5-6-7-10-13-16-20(24-2)18-19(22)15-12-9-8-11-14-17-21(23)25-3/h18H,4-17H2,1-3H3. The first-order chi connectivity index (χ1) is 12.1. The minimum absolute atomic E-state index is 0.141. The average Bonchev–Trinajstić information content (AvgIpc) is 2.62. The topological polar surface area (TPSA) is 52.6 Å². The largest absolute Gasteiger partial charge is 0.501 e. The fourth-order valence-electron chi connectivity index (χ4n) is 2.77. The minimum Gasteiger partial charge on any atom is -0.501 e. The molecule has 0 N–H and O–H groups in total. The second kappa shape index (κ2) is 17.5. The third kappa shape index (κ3) is 15.9. The van der Waals surface area contributed by atoms with Gasteiger partial charge in [-0.15, -0.1) is 0 Å². The Morgan fingerprint density at radius 1 is 0.680 bits per heavy atom. The highest BCUT2D eigenvalue weighted by molar-refractivity contribution is 5.89. The highest BCUT2D eigenvalue weighted by Gasteiger charge is 2.04. The van der Waals surface area contributed by atoms with Gasteiger partial charge in [0.25, 0.3) is 0 Å². The molecule has 146 valence electrons. The lowest BCUT2D eigenvalue weighted by atomic mass is 10.1. The van der Waals surface area contributed by atoms with Crippen molar-refractivity contribution in [3.8, 4) is 0 Å². The van der Waals surface area contributed by atoms with Crippen molar-refractivity contribution in [2.45, 2.75) is 96.8 Å². The molecule has 0 amide bonds. The zero-order valence-corrected chi connectivity index (χ0v) is 16.6. The van der Waals surface area contributed by atoms with E-state index in [4.69, 9.17) is 4.74 Å². The van der Waals surface area contributed by atoms with E-state index in [2.05, 4.69) is 11.7 Å². The smallest absolute Gasteiger partial charge is 0.305 e. The summed E-state index contributed by atoms with van der Waals surface area (Å²) in [6, 6.07) is 0. The molecule has 0 unspecified atom stereocenters. The van der Waals surface area contributed by atoms with Crippen molar-refractivity contribution in [3.63, 3.8) is 0 Å². The maximum Gasteiger partial charge on any atom is 0.305 e. The number of ether oxygens (including phenoxy) is 2. The summed E-state index contributed by atoms with van der Waals surface area (Å²) in [6.07, 6.45) is 16.0. The van der Waals surface area contributed by atoms with Gasteiger partial charge in [0.2, 0.25) is 0 Å². The van der Waals surface area contributed by atoms with Crippen LogP contribution < -0.4 is 0 Å². The van der Waals surface area contributed by atoms with Crippen molar-refractivity contribution < 1.29 is 19.1 Å². The summed E-state index contributed by atoms with van der Waals surface area (Å²) in [6.45, 7) is 2.22. The number of ketones is 1. The molecule has 0 heterocycles. The number of hydrogen-bond acceptors (Lipinski definition) is 4. The van der Waals surface area contributed by atoms with Crippen molar-refractivity contribution in [2.75, 3.05) is 14.2 Å². The Labute approximate surface area is 154 Å². The Balaban J connectivity index is 3.70. The van der Waals surface area contributed by atoms with Crippen molar-refractivity contribution >= 4 is 11.8 Å². The minimum atomic E-state index is -0.141. The van der Waals surface area contributed by atoms with E-state index >= 15 is 0 Å². The van der Waals surface area contributed by atoms with Gasteiger partial charge in [0.05, 0.1) is 20.0 Å². The molecule has 0 spiro atoms. The van der Waals surface area contributed by atoms with E-state index in [1.165, 1.54) is 39.2 Å². The zero-order chi connectivity index (χ0) is 18.8. The van der Waals surface area contributed by atoms with Crippen molar-refractivity contribution in [1.82, 2.24) is 0 Å². The zero-order valence-electron chi connectivity index (χ0n) is 16.6. The normalized spacial score (nSPS) is 11.4. The Bertz CT molecular complexity index is 374. The fraction of sp³-hybridized carbons (Fsp3) is 0.810. The van der Waals surface area contributed by atoms with Crippen LogP contribution in [0, 0.1) is 0 Å². The third-order valence-electron chi connectivity index (χ3n) is 4.39. The van der Waals surface area contributed by atoms with E-state index in [0.29, 0.717) is 12.8 Å². The number of methoxy groups -OCH3 is 2. The molecule has 0 aromatic heterocycles. The summed E-state index contributed by atoms with van der Waals surface area (Å²) in [5.41, 5.74) is 0. The summed E-state index contributed by atoms with van der Waals surface area (Å²) in [7, 11) is 3.07. The lowest BCUT2D eigenvalue weighted by Gasteiger charge is -2.06. The van der Waals surface area contributed by atoms with Crippen LogP contribution in [-0.2, 0) is 19.1 Å². The third-order valence-corrected chi connectivity index (χ3v) is 4.39. The van der Waals surface area contributed by atoms with E-state index in [1.54, 1.807) is 13.2 Å². The number of unbranched alkanes of at least 4 members (excludes halogenated alkanes) is 9. The monoisotopic (exact) mass is 354 g/mol. The highest BCUT2D eigenvalue weighted by atomic mass is 16.5. The van der Waals surface area contributed by atoms with Crippen LogP contribution in [-0.4, -0.2) is 26.0 Å². The van der Waals surface area contributed by atoms with Crippen LogP contribution in [0.15, 0.2) is 11.8 Å². The molecule has 0 atom stereocenters. The molecule has 0 aromatic rings. The predicted molar refractivity (Wildman–Crippen MR) is 102 cm³/mol. The van der Waals surface area contributed by atoms with Gasteiger partial charge in [-0.05, 0) is 19.3 Å². The molecule has 0 fully saturated rings. The Hall–Kier alpha value is -1.32. The molecule has 0 saturated carbocycles. The summed E-state index contributed by atoms with van der Waals surface area (Å²) >= 11 is 0. The first-order valence-electron chi connectivity index (χ1n) is 9.98. The number of hydrogen-bond donors (Lipinski definition) is 0. The molecule has 0 aliphatic rings. The van der Waals surface area contributed by atoms with Gasteiger partial charge < -0.3 is 9.47 Å². The van der Waals surface area contributed by atoms with Crippen LogP contribution in [0.2, 0.25) is 0 Å².